The average molecular weight is 136 g/mol. The standard InChI is InChI=1S/C7H8N2O/c1-2-4-9-6-10-5-8-7(9)3-1/h1-3,5H,4,6H2. The molecule has 0 aromatic heterocycles. The molecule has 0 saturated heterocycles. The van der Waals surface area contributed by atoms with E-state index in [1.807, 2.05) is 12.2 Å². The fourth-order valence-corrected chi connectivity index (χ4v) is 0.999. The summed E-state index contributed by atoms with van der Waals surface area (Å²) in [6.07, 6.45) is 7.55. The van der Waals surface area contributed by atoms with Crippen molar-refractivity contribution in [3.8, 4) is 0 Å². The molecule has 0 spiro atoms. The highest BCUT2D eigenvalue weighted by Gasteiger charge is 2.11. The Balaban J connectivity index is 2.27. The molecule has 52 valence electrons. The molecule has 0 atom stereocenters. The lowest BCUT2D eigenvalue weighted by molar-refractivity contribution is 0.150. The van der Waals surface area contributed by atoms with Crippen molar-refractivity contribution in [2.24, 2.45) is 4.99 Å². The third-order valence-electron chi connectivity index (χ3n) is 1.52. The Morgan fingerprint density at radius 3 is 3.50 bits per heavy atom. The van der Waals surface area contributed by atoms with E-state index in [4.69, 9.17) is 4.74 Å². The van der Waals surface area contributed by atoms with E-state index in [9.17, 15) is 0 Å². The van der Waals surface area contributed by atoms with Crippen LogP contribution in [0, 0.1) is 0 Å². The van der Waals surface area contributed by atoms with E-state index >= 15 is 0 Å². The Kier molecular flexibility index (Phi) is 1.20. The molecule has 0 aromatic rings. The van der Waals surface area contributed by atoms with Crippen molar-refractivity contribution in [1.29, 1.82) is 0 Å². The maximum absolute atomic E-state index is 5.00. The van der Waals surface area contributed by atoms with E-state index in [1.165, 1.54) is 6.40 Å². The highest BCUT2D eigenvalue weighted by atomic mass is 16.5. The summed E-state index contributed by atoms with van der Waals surface area (Å²) in [6.45, 7) is 1.53. The third kappa shape index (κ3) is 0.795. The van der Waals surface area contributed by atoms with Crippen LogP contribution in [-0.4, -0.2) is 24.6 Å². The van der Waals surface area contributed by atoms with Gasteiger partial charge in [0, 0.05) is 6.54 Å². The van der Waals surface area contributed by atoms with Gasteiger partial charge in [0.2, 0.25) is 0 Å². The number of ether oxygens (including phenoxy) is 1. The molecule has 0 amide bonds. The van der Waals surface area contributed by atoms with Gasteiger partial charge < -0.3 is 9.64 Å². The Labute approximate surface area is 59.3 Å². The van der Waals surface area contributed by atoms with Crippen molar-refractivity contribution < 1.29 is 4.74 Å². The van der Waals surface area contributed by atoms with E-state index in [-0.39, 0.29) is 0 Å². The molecule has 0 N–H and O–H groups in total. The predicted molar refractivity (Wildman–Crippen MR) is 38.4 cm³/mol. The van der Waals surface area contributed by atoms with Crippen molar-refractivity contribution in [3.05, 3.63) is 24.0 Å². The molecular weight excluding hydrogens is 128 g/mol. The van der Waals surface area contributed by atoms with Crippen LogP contribution in [0.4, 0.5) is 0 Å². The first kappa shape index (κ1) is 5.53. The molecule has 2 aliphatic heterocycles. The maximum Gasteiger partial charge on any atom is 0.178 e. The minimum absolute atomic E-state index is 0.625. The second kappa shape index (κ2) is 2.17. The number of allylic oxidation sites excluding steroid dienone is 2. The molecule has 0 aliphatic carbocycles. The molecule has 2 heterocycles. The van der Waals surface area contributed by atoms with Gasteiger partial charge in [-0.3, -0.25) is 0 Å². The van der Waals surface area contributed by atoms with Gasteiger partial charge in [-0.25, -0.2) is 4.99 Å². The van der Waals surface area contributed by atoms with Gasteiger partial charge in [-0.2, -0.15) is 0 Å². The lowest BCUT2D eigenvalue weighted by Crippen LogP contribution is -2.29. The van der Waals surface area contributed by atoms with Gasteiger partial charge in [0.25, 0.3) is 0 Å². The Morgan fingerprint density at radius 1 is 1.60 bits per heavy atom. The molecule has 0 saturated carbocycles. The van der Waals surface area contributed by atoms with Crippen LogP contribution in [0.2, 0.25) is 0 Å². The lowest BCUT2D eigenvalue weighted by Gasteiger charge is -2.26. The first-order valence-electron chi connectivity index (χ1n) is 3.23. The first-order valence-corrected chi connectivity index (χ1v) is 3.23. The smallest absolute Gasteiger partial charge is 0.178 e. The van der Waals surface area contributed by atoms with Crippen LogP contribution in [-0.2, 0) is 4.74 Å². The number of aliphatic imine (C=N–C) groups is 1. The van der Waals surface area contributed by atoms with Crippen LogP contribution in [0.5, 0.6) is 0 Å². The van der Waals surface area contributed by atoms with Crippen LogP contribution in [0.15, 0.2) is 29.0 Å². The van der Waals surface area contributed by atoms with E-state index in [1.54, 1.807) is 0 Å². The van der Waals surface area contributed by atoms with E-state index in [0.29, 0.717) is 6.73 Å². The first-order chi connectivity index (χ1) is 4.97. The zero-order valence-electron chi connectivity index (χ0n) is 5.53. The molecule has 0 fully saturated rings. The quantitative estimate of drug-likeness (QED) is 0.490. The second-order valence-corrected chi connectivity index (χ2v) is 2.21. The Bertz CT molecular complexity index is 218. The molecule has 3 heteroatoms. The van der Waals surface area contributed by atoms with Crippen molar-refractivity contribution in [3.63, 3.8) is 0 Å². The molecule has 0 aromatic carbocycles. The molecule has 2 rings (SSSR count). The SMILES string of the molecule is C1=CCN2COC=NC2=C1. The predicted octanol–water partition coefficient (Wildman–Crippen LogP) is 0.716. The summed E-state index contributed by atoms with van der Waals surface area (Å²) >= 11 is 0. The van der Waals surface area contributed by atoms with Crippen molar-refractivity contribution in [2.45, 2.75) is 0 Å². The zero-order chi connectivity index (χ0) is 6.81. The number of fused-ring (bicyclic) bond motifs is 1. The van der Waals surface area contributed by atoms with Crippen molar-refractivity contribution >= 4 is 6.40 Å². The monoisotopic (exact) mass is 136 g/mol. The highest BCUT2D eigenvalue weighted by Crippen LogP contribution is 2.12. The summed E-state index contributed by atoms with van der Waals surface area (Å²) < 4.78 is 5.00. The van der Waals surface area contributed by atoms with Gasteiger partial charge >= 0.3 is 0 Å². The molecule has 0 unspecified atom stereocenters. The summed E-state index contributed by atoms with van der Waals surface area (Å²) in [5.41, 5.74) is 0. The highest BCUT2D eigenvalue weighted by molar-refractivity contribution is 5.50. The van der Waals surface area contributed by atoms with Crippen LogP contribution < -0.4 is 0 Å². The molecule has 2 aliphatic rings. The largest absolute Gasteiger partial charge is 0.463 e. The van der Waals surface area contributed by atoms with E-state index in [0.717, 1.165) is 12.4 Å². The third-order valence-corrected chi connectivity index (χ3v) is 1.52. The Hall–Kier alpha value is -1.25. The van der Waals surface area contributed by atoms with Crippen molar-refractivity contribution in [1.82, 2.24) is 4.90 Å². The number of nitrogens with zero attached hydrogens (tertiary/aromatic N) is 2. The van der Waals surface area contributed by atoms with Gasteiger partial charge in [-0.15, -0.1) is 0 Å². The minimum Gasteiger partial charge on any atom is -0.463 e. The number of rotatable bonds is 0. The second-order valence-electron chi connectivity index (χ2n) is 2.21. The summed E-state index contributed by atoms with van der Waals surface area (Å²) in [7, 11) is 0. The van der Waals surface area contributed by atoms with Gasteiger partial charge in [-0.05, 0) is 6.08 Å². The van der Waals surface area contributed by atoms with Gasteiger partial charge in [0.1, 0.15) is 5.82 Å². The fourth-order valence-electron chi connectivity index (χ4n) is 0.999. The lowest BCUT2D eigenvalue weighted by atomic mass is 10.3. The molecular formula is C7H8N2O. The van der Waals surface area contributed by atoms with E-state index < -0.39 is 0 Å². The average Bonchev–Trinajstić information content (AvgIpc) is 2.05. The van der Waals surface area contributed by atoms with E-state index in [2.05, 4.69) is 16.0 Å². The summed E-state index contributed by atoms with van der Waals surface area (Å²) in [5, 5.41) is 0. The summed E-state index contributed by atoms with van der Waals surface area (Å²) in [5.74, 6) is 0.994. The molecule has 3 nitrogen and oxygen atoms in total. The van der Waals surface area contributed by atoms with Crippen LogP contribution >= 0.6 is 0 Å². The molecule has 0 radical (unpaired) electrons. The maximum atomic E-state index is 5.00. The normalized spacial score (nSPS) is 21.6. The zero-order valence-corrected chi connectivity index (χ0v) is 5.53. The summed E-state index contributed by atoms with van der Waals surface area (Å²) in [4.78, 5) is 6.10. The minimum atomic E-state index is 0.625. The van der Waals surface area contributed by atoms with Crippen LogP contribution in [0.3, 0.4) is 0 Å². The van der Waals surface area contributed by atoms with Crippen LogP contribution in [0.1, 0.15) is 0 Å². The molecule has 10 heavy (non-hydrogen) atoms. The number of hydrogen-bond acceptors (Lipinski definition) is 3. The fraction of sp³-hybridized carbons (Fsp3) is 0.286. The van der Waals surface area contributed by atoms with Gasteiger partial charge in [0.15, 0.2) is 13.1 Å². The number of hydrogen-bond donors (Lipinski definition) is 0. The van der Waals surface area contributed by atoms with Gasteiger partial charge in [0.05, 0.1) is 0 Å². The summed E-state index contributed by atoms with van der Waals surface area (Å²) in [6, 6.07) is 0. The Morgan fingerprint density at radius 2 is 2.60 bits per heavy atom. The van der Waals surface area contributed by atoms with Gasteiger partial charge in [-0.1, -0.05) is 12.2 Å². The molecule has 0 bridgehead atoms. The topological polar surface area (TPSA) is 24.8 Å². The van der Waals surface area contributed by atoms with Crippen molar-refractivity contribution in [2.75, 3.05) is 13.3 Å². The van der Waals surface area contributed by atoms with Crippen LogP contribution in [0.25, 0.3) is 0 Å².